The van der Waals surface area contributed by atoms with Gasteiger partial charge < -0.3 is 4.74 Å². The van der Waals surface area contributed by atoms with Crippen LogP contribution in [0.15, 0.2) is 48.5 Å². The van der Waals surface area contributed by atoms with Crippen LogP contribution in [0, 0.1) is 18.3 Å². The Hall–Kier alpha value is -2.31. The number of aryl methyl sites for hydroxylation is 1. The van der Waals surface area contributed by atoms with Crippen molar-refractivity contribution in [2.45, 2.75) is 25.9 Å². The van der Waals surface area contributed by atoms with Crippen LogP contribution in [0.4, 0.5) is 0 Å². The van der Waals surface area contributed by atoms with Gasteiger partial charge >= 0.3 is 0 Å². The zero-order valence-electron chi connectivity index (χ0n) is 12.6. The highest BCUT2D eigenvalue weighted by atomic mass is 16.5. The van der Waals surface area contributed by atoms with E-state index in [1.165, 1.54) is 0 Å². The molecule has 0 bridgehead atoms. The Kier molecular flexibility index (Phi) is 4.97. The van der Waals surface area contributed by atoms with E-state index in [0.717, 1.165) is 22.4 Å². The molecule has 2 aromatic carbocycles. The highest BCUT2D eigenvalue weighted by Crippen LogP contribution is 2.23. The smallest absolute Gasteiger partial charge is 0.122 e. The molecule has 3 heteroatoms. The van der Waals surface area contributed by atoms with Crippen LogP contribution >= 0.6 is 0 Å². The predicted molar refractivity (Wildman–Crippen MR) is 84.1 cm³/mol. The number of nitriles is 1. The Bertz CT molecular complexity index is 628. The fourth-order valence-corrected chi connectivity index (χ4v) is 2.35. The van der Waals surface area contributed by atoms with Crippen molar-refractivity contribution in [3.63, 3.8) is 0 Å². The van der Waals surface area contributed by atoms with E-state index in [0.29, 0.717) is 0 Å². The number of ether oxygens (including phenoxy) is 1. The van der Waals surface area contributed by atoms with Gasteiger partial charge in [0.05, 0.1) is 13.2 Å². The van der Waals surface area contributed by atoms with E-state index in [1.807, 2.05) is 55.5 Å². The van der Waals surface area contributed by atoms with Crippen LogP contribution in [0.1, 0.15) is 35.7 Å². The Balaban J connectivity index is 2.14. The summed E-state index contributed by atoms with van der Waals surface area (Å²) < 4.78 is 5.16. The lowest BCUT2D eigenvalue weighted by Gasteiger charge is -2.20. The maximum Gasteiger partial charge on any atom is 0.122 e. The van der Waals surface area contributed by atoms with Crippen molar-refractivity contribution < 1.29 is 4.74 Å². The number of rotatable bonds is 5. The molecule has 0 amide bonds. The van der Waals surface area contributed by atoms with Gasteiger partial charge in [0.15, 0.2) is 0 Å². The summed E-state index contributed by atoms with van der Waals surface area (Å²) in [4.78, 5) is 0. The molecule has 0 aliphatic rings. The Morgan fingerprint density at radius 2 is 1.76 bits per heavy atom. The summed E-state index contributed by atoms with van der Waals surface area (Å²) in [5.41, 5.74) is 3.28. The molecule has 0 unspecified atom stereocenters. The molecule has 0 spiro atoms. The van der Waals surface area contributed by atoms with Gasteiger partial charge in [0.25, 0.3) is 0 Å². The second-order valence-electron chi connectivity index (χ2n) is 5.08. The van der Waals surface area contributed by atoms with Crippen molar-refractivity contribution in [2.75, 3.05) is 7.11 Å². The van der Waals surface area contributed by atoms with Crippen LogP contribution in [-0.4, -0.2) is 7.11 Å². The molecule has 0 heterocycles. The lowest BCUT2D eigenvalue weighted by atomic mass is 10.00. The minimum absolute atomic E-state index is 0.0835. The van der Waals surface area contributed by atoms with Crippen LogP contribution in [0.25, 0.3) is 0 Å². The quantitative estimate of drug-likeness (QED) is 0.903. The normalized spacial score (nSPS) is 13.2. The molecular weight excluding hydrogens is 260 g/mol. The van der Waals surface area contributed by atoms with E-state index in [1.54, 1.807) is 7.11 Å². The molecule has 1 N–H and O–H groups in total. The van der Waals surface area contributed by atoms with Crippen molar-refractivity contribution in [1.29, 1.82) is 5.26 Å². The average Bonchev–Trinajstić information content (AvgIpc) is 2.53. The van der Waals surface area contributed by atoms with E-state index in [-0.39, 0.29) is 12.1 Å². The van der Waals surface area contributed by atoms with Gasteiger partial charge in [-0.2, -0.15) is 5.26 Å². The number of hydrogen-bond acceptors (Lipinski definition) is 3. The van der Waals surface area contributed by atoms with E-state index in [9.17, 15) is 5.26 Å². The van der Waals surface area contributed by atoms with Crippen LogP contribution in [-0.2, 0) is 0 Å². The van der Waals surface area contributed by atoms with Gasteiger partial charge in [0.2, 0.25) is 0 Å². The molecule has 0 aliphatic heterocycles. The molecular formula is C18H20N2O. The second-order valence-corrected chi connectivity index (χ2v) is 5.08. The summed E-state index contributed by atoms with van der Waals surface area (Å²) in [6.45, 7) is 4.09. The highest BCUT2D eigenvalue weighted by Gasteiger charge is 2.16. The first-order chi connectivity index (χ1) is 10.2. The zero-order valence-corrected chi connectivity index (χ0v) is 12.6. The third-order valence-electron chi connectivity index (χ3n) is 3.66. The molecule has 0 fully saturated rings. The lowest BCUT2D eigenvalue weighted by molar-refractivity contribution is 0.414. The summed E-state index contributed by atoms with van der Waals surface area (Å²) >= 11 is 0. The SMILES string of the molecule is COc1ccc([C@@H](C)N[C@@H](C#N)c2ccccc2C)cc1. The monoisotopic (exact) mass is 280 g/mol. The number of nitrogens with zero attached hydrogens (tertiary/aromatic N) is 1. The van der Waals surface area contributed by atoms with E-state index in [2.05, 4.69) is 18.3 Å². The van der Waals surface area contributed by atoms with Crippen molar-refractivity contribution in [2.24, 2.45) is 0 Å². The number of hydrogen-bond donors (Lipinski definition) is 1. The van der Waals surface area contributed by atoms with Crippen LogP contribution in [0.2, 0.25) is 0 Å². The molecule has 108 valence electrons. The van der Waals surface area contributed by atoms with Gasteiger partial charge in [-0.15, -0.1) is 0 Å². The fraction of sp³-hybridized carbons (Fsp3) is 0.278. The summed E-state index contributed by atoms with van der Waals surface area (Å²) in [5.74, 6) is 0.835. The first kappa shape index (κ1) is 15.1. The average molecular weight is 280 g/mol. The van der Waals surface area contributed by atoms with E-state index < -0.39 is 0 Å². The van der Waals surface area contributed by atoms with Gasteiger partial charge in [-0.25, -0.2) is 0 Å². The number of benzene rings is 2. The second kappa shape index (κ2) is 6.92. The maximum atomic E-state index is 9.45. The van der Waals surface area contributed by atoms with Crippen LogP contribution < -0.4 is 10.1 Å². The summed E-state index contributed by atoms with van der Waals surface area (Å²) in [5, 5.41) is 12.8. The van der Waals surface area contributed by atoms with Gasteiger partial charge in [0.1, 0.15) is 11.8 Å². The van der Waals surface area contributed by atoms with Gasteiger partial charge in [-0.3, -0.25) is 5.32 Å². The molecule has 0 saturated carbocycles. The summed E-state index contributed by atoms with van der Waals surface area (Å²) in [6, 6.07) is 18.0. The first-order valence-corrected chi connectivity index (χ1v) is 7.01. The maximum absolute atomic E-state index is 9.45. The van der Waals surface area contributed by atoms with E-state index >= 15 is 0 Å². The zero-order chi connectivity index (χ0) is 15.2. The Morgan fingerprint density at radius 1 is 1.10 bits per heavy atom. The molecule has 3 nitrogen and oxygen atoms in total. The van der Waals surface area contributed by atoms with Gasteiger partial charge in [-0.05, 0) is 42.7 Å². The first-order valence-electron chi connectivity index (χ1n) is 7.01. The Labute approximate surface area is 126 Å². The fourth-order valence-electron chi connectivity index (χ4n) is 2.35. The molecule has 0 saturated heterocycles. The largest absolute Gasteiger partial charge is 0.497 e. The number of nitrogens with one attached hydrogen (secondary N) is 1. The molecule has 2 rings (SSSR count). The third-order valence-corrected chi connectivity index (χ3v) is 3.66. The van der Waals surface area contributed by atoms with Crippen molar-refractivity contribution >= 4 is 0 Å². The molecule has 21 heavy (non-hydrogen) atoms. The summed E-state index contributed by atoms with van der Waals surface area (Å²) in [7, 11) is 1.65. The highest BCUT2D eigenvalue weighted by molar-refractivity contribution is 5.33. The standard InChI is InChI=1S/C18H20N2O/c1-13-6-4-5-7-17(13)18(12-19)20-14(2)15-8-10-16(21-3)11-9-15/h4-11,14,18,20H,1-3H3/t14-,18+/m1/s1. The minimum Gasteiger partial charge on any atom is -0.497 e. The molecule has 0 radical (unpaired) electrons. The molecule has 2 atom stereocenters. The van der Waals surface area contributed by atoms with Gasteiger partial charge in [0, 0.05) is 6.04 Å². The molecule has 2 aromatic rings. The lowest BCUT2D eigenvalue weighted by Crippen LogP contribution is -2.24. The van der Waals surface area contributed by atoms with Crippen LogP contribution in [0.3, 0.4) is 0 Å². The van der Waals surface area contributed by atoms with Crippen LogP contribution in [0.5, 0.6) is 5.75 Å². The predicted octanol–water partition coefficient (Wildman–Crippen LogP) is 3.92. The van der Waals surface area contributed by atoms with Crippen molar-refractivity contribution in [3.8, 4) is 11.8 Å². The third kappa shape index (κ3) is 3.62. The van der Waals surface area contributed by atoms with E-state index in [4.69, 9.17) is 4.74 Å². The summed E-state index contributed by atoms with van der Waals surface area (Å²) in [6.07, 6.45) is 0. The Morgan fingerprint density at radius 3 is 2.33 bits per heavy atom. The van der Waals surface area contributed by atoms with Crippen molar-refractivity contribution in [1.82, 2.24) is 5.32 Å². The van der Waals surface area contributed by atoms with Crippen molar-refractivity contribution in [3.05, 3.63) is 65.2 Å². The molecule has 0 aromatic heterocycles. The minimum atomic E-state index is -0.316. The van der Waals surface area contributed by atoms with Gasteiger partial charge in [-0.1, -0.05) is 36.4 Å². The molecule has 0 aliphatic carbocycles. The topological polar surface area (TPSA) is 45.0 Å². The number of methoxy groups -OCH3 is 1.